The molecule has 28 heavy (non-hydrogen) atoms. The van der Waals surface area contributed by atoms with E-state index in [1.54, 1.807) is 25.3 Å². The molecule has 1 aliphatic carbocycles. The third-order valence-electron chi connectivity index (χ3n) is 5.03. The van der Waals surface area contributed by atoms with Gasteiger partial charge in [0.1, 0.15) is 17.2 Å². The van der Waals surface area contributed by atoms with Crippen molar-refractivity contribution in [2.75, 3.05) is 20.2 Å². The molecule has 2 aromatic rings. The Labute approximate surface area is 169 Å². The minimum absolute atomic E-state index is 0.107. The fraction of sp³-hybridized carbons (Fsp3) is 0.227. The molecule has 0 saturated carbocycles. The number of carbonyl (C=O) groups excluding carboxylic acids is 1. The summed E-state index contributed by atoms with van der Waals surface area (Å²) < 4.78 is 5.34. The maximum Gasteiger partial charge on any atom is 0.226 e. The van der Waals surface area contributed by atoms with Crippen molar-refractivity contribution in [2.24, 2.45) is 9.98 Å². The Bertz CT molecular complexity index is 1070. The van der Waals surface area contributed by atoms with Crippen LogP contribution in [0.4, 0.5) is 0 Å². The smallest absolute Gasteiger partial charge is 0.226 e. The van der Waals surface area contributed by atoms with Gasteiger partial charge in [-0.3, -0.25) is 4.79 Å². The summed E-state index contributed by atoms with van der Waals surface area (Å²) in [5, 5.41) is 0.474. The second-order valence-corrected chi connectivity index (χ2v) is 6.90. The first kappa shape index (κ1) is 18.4. The van der Waals surface area contributed by atoms with E-state index in [9.17, 15) is 4.79 Å². The van der Waals surface area contributed by atoms with Gasteiger partial charge in [-0.2, -0.15) is 0 Å². The first-order valence-electron chi connectivity index (χ1n) is 9.24. The molecule has 1 aliphatic heterocycles. The third-order valence-corrected chi connectivity index (χ3v) is 5.36. The highest BCUT2D eigenvalue weighted by Crippen LogP contribution is 2.39. The number of methoxy groups -OCH3 is 1. The van der Waals surface area contributed by atoms with Crippen LogP contribution < -0.4 is 4.74 Å². The number of carbonyl (C=O) groups is 1. The third kappa shape index (κ3) is 2.83. The number of allylic oxidation sites excluding steroid dienone is 2. The topological polar surface area (TPSA) is 54.3 Å². The van der Waals surface area contributed by atoms with Crippen LogP contribution in [0.2, 0.25) is 5.02 Å². The molecule has 5 nitrogen and oxygen atoms in total. The Morgan fingerprint density at radius 3 is 2.39 bits per heavy atom. The molecule has 0 saturated heterocycles. The van der Waals surface area contributed by atoms with Crippen LogP contribution >= 0.6 is 11.6 Å². The van der Waals surface area contributed by atoms with Gasteiger partial charge >= 0.3 is 0 Å². The van der Waals surface area contributed by atoms with E-state index in [1.165, 1.54) is 0 Å². The molecule has 2 aromatic carbocycles. The van der Waals surface area contributed by atoms with Crippen molar-refractivity contribution in [3.05, 3.63) is 69.9 Å². The molecule has 0 bridgehead atoms. The fourth-order valence-corrected chi connectivity index (χ4v) is 3.76. The molecule has 4 rings (SSSR count). The molecular formula is C22H20ClN3O2. The van der Waals surface area contributed by atoms with Crippen LogP contribution in [0.25, 0.3) is 5.57 Å². The summed E-state index contributed by atoms with van der Waals surface area (Å²) in [6.45, 7) is 5.68. The summed E-state index contributed by atoms with van der Waals surface area (Å²) >= 11 is 6.48. The molecule has 6 heteroatoms. The normalized spacial score (nSPS) is 15.1. The maximum atomic E-state index is 13.4. The zero-order valence-electron chi connectivity index (χ0n) is 16.0. The highest BCUT2D eigenvalue weighted by molar-refractivity contribution is 6.45. The second-order valence-electron chi connectivity index (χ2n) is 6.49. The summed E-state index contributed by atoms with van der Waals surface area (Å²) in [7, 11) is 1.59. The molecule has 2 aliphatic rings. The van der Waals surface area contributed by atoms with E-state index in [1.807, 2.05) is 24.3 Å². The number of benzene rings is 2. The number of hydrogen-bond acceptors (Lipinski definition) is 5. The van der Waals surface area contributed by atoms with Crippen LogP contribution in [-0.2, 0) is 0 Å². The van der Waals surface area contributed by atoms with Gasteiger partial charge in [0.25, 0.3) is 0 Å². The molecule has 0 fully saturated rings. The number of hydrogen-bond donors (Lipinski definition) is 0. The van der Waals surface area contributed by atoms with Gasteiger partial charge in [0.2, 0.25) is 5.96 Å². The Hall–Kier alpha value is -2.92. The van der Waals surface area contributed by atoms with Gasteiger partial charge in [0, 0.05) is 34.8 Å². The van der Waals surface area contributed by atoms with E-state index in [2.05, 4.69) is 18.7 Å². The average molecular weight is 394 g/mol. The number of ketones is 1. The van der Waals surface area contributed by atoms with E-state index in [0.29, 0.717) is 44.8 Å². The zero-order valence-corrected chi connectivity index (χ0v) is 16.7. The van der Waals surface area contributed by atoms with Crippen molar-refractivity contribution in [2.45, 2.75) is 13.8 Å². The number of rotatable bonds is 4. The predicted molar refractivity (Wildman–Crippen MR) is 113 cm³/mol. The van der Waals surface area contributed by atoms with Gasteiger partial charge in [0.05, 0.1) is 12.7 Å². The van der Waals surface area contributed by atoms with Crippen LogP contribution in [0.1, 0.15) is 35.3 Å². The van der Waals surface area contributed by atoms with Crippen molar-refractivity contribution < 1.29 is 9.53 Å². The van der Waals surface area contributed by atoms with Crippen molar-refractivity contribution in [1.82, 2.24) is 4.90 Å². The summed E-state index contributed by atoms with van der Waals surface area (Å²) in [6, 6.07) is 12.8. The number of fused-ring (bicyclic) bond motifs is 3. The molecule has 0 amide bonds. The quantitative estimate of drug-likeness (QED) is 0.770. The summed E-state index contributed by atoms with van der Waals surface area (Å²) in [6.07, 6.45) is 0. The van der Waals surface area contributed by atoms with Gasteiger partial charge in [-0.1, -0.05) is 35.9 Å². The average Bonchev–Trinajstić information content (AvgIpc) is 3.15. The van der Waals surface area contributed by atoms with Crippen molar-refractivity contribution in [3.8, 4) is 5.75 Å². The molecule has 0 aromatic heterocycles. The SMILES string of the molecule is CCN(CC)C1=NC2=C(c3cc(OC)ccc3Cl)C(=O)c3ccccc3C2=N1. The van der Waals surface area contributed by atoms with E-state index in [4.69, 9.17) is 26.3 Å². The number of halogens is 1. The number of guanidine groups is 1. The van der Waals surface area contributed by atoms with Crippen molar-refractivity contribution in [3.63, 3.8) is 0 Å². The second kappa shape index (κ2) is 7.24. The van der Waals surface area contributed by atoms with Crippen LogP contribution in [0.5, 0.6) is 5.75 Å². The first-order chi connectivity index (χ1) is 13.6. The Kier molecular flexibility index (Phi) is 4.77. The Morgan fingerprint density at radius 2 is 1.71 bits per heavy atom. The predicted octanol–water partition coefficient (Wildman–Crippen LogP) is 4.46. The van der Waals surface area contributed by atoms with E-state index in [-0.39, 0.29) is 5.78 Å². The Morgan fingerprint density at radius 1 is 1.00 bits per heavy atom. The van der Waals surface area contributed by atoms with Crippen LogP contribution in [0, 0.1) is 0 Å². The summed E-state index contributed by atoms with van der Waals surface area (Å²) in [4.78, 5) is 25.0. The van der Waals surface area contributed by atoms with E-state index < -0.39 is 0 Å². The molecule has 0 unspecified atom stereocenters. The number of Topliss-reactive ketones (excluding diaryl/α,β-unsaturated/α-hetero) is 1. The molecule has 0 spiro atoms. The highest BCUT2D eigenvalue weighted by Gasteiger charge is 2.36. The minimum atomic E-state index is -0.107. The molecule has 142 valence electrons. The van der Waals surface area contributed by atoms with Crippen LogP contribution in [-0.4, -0.2) is 42.6 Å². The Balaban J connectivity index is 2.00. The van der Waals surface area contributed by atoms with Crippen molar-refractivity contribution in [1.29, 1.82) is 0 Å². The van der Waals surface area contributed by atoms with Gasteiger partial charge in [-0.05, 0) is 32.0 Å². The van der Waals surface area contributed by atoms with Crippen LogP contribution in [0.3, 0.4) is 0 Å². The molecule has 0 N–H and O–H groups in total. The van der Waals surface area contributed by atoms with Crippen molar-refractivity contribution >= 4 is 34.6 Å². The molecular weight excluding hydrogens is 374 g/mol. The lowest BCUT2D eigenvalue weighted by molar-refractivity contribution is 0.105. The first-order valence-corrected chi connectivity index (χ1v) is 9.61. The molecule has 1 heterocycles. The van der Waals surface area contributed by atoms with Gasteiger partial charge < -0.3 is 9.64 Å². The molecule has 0 atom stereocenters. The lowest BCUT2D eigenvalue weighted by atomic mass is 9.84. The summed E-state index contributed by atoms with van der Waals surface area (Å²) in [5.41, 5.74) is 3.76. The standard InChI is InChI=1S/C22H20ClN3O2/c1-4-26(5-2)22-24-19-14-8-6-7-9-15(14)21(27)18(20(19)25-22)16-12-13(28-3)10-11-17(16)23/h6-12H,4-5H2,1-3H3. The van der Waals surface area contributed by atoms with E-state index in [0.717, 1.165) is 18.7 Å². The van der Waals surface area contributed by atoms with Gasteiger partial charge in [-0.15, -0.1) is 0 Å². The van der Waals surface area contributed by atoms with Gasteiger partial charge in [-0.25, -0.2) is 9.98 Å². The summed E-state index contributed by atoms with van der Waals surface area (Å²) in [5.74, 6) is 1.14. The monoisotopic (exact) mass is 393 g/mol. The lowest BCUT2D eigenvalue weighted by Crippen LogP contribution is -2.28. The van der Waals surface area contributed by atoms with Crippen LogP contribution in [0.15, 0.2) is 58.1 Å². The van der Waals surface area contributed by atoms with E-state index >= 15 is 0 Å². The van der Waals surface area contributed by atoms with Gasteiger partial charge in [0.15, 0.2) is 5.78 Å². The number of nitrogens with zero attached hydrogens (tertiary/aromatic N) is 3. The minimum Gasteiger partial charge on any atom is -0.497 e. The highest BCUT2D eigenvalue weighted by atomic mass is 35.5. The molecule has 0 radical (unpaired) electrons. The maximum absolute atomic E-state index is 13.4. The number of aliphatic imine (C=N–C) groups is 2. The fourth-order valence-electron chi connectivity index (χ4n) is 3.54. The zero-order chi connectivity index (χ0) is 19.8. The largest absolute Gasteiger partial charge is 0.497 e. The lowest BCUT2D eigenvalue weighted by Gasteiger charge is -2.20. The number of ether oxygens (including phenoxy) is 1.